The minimum atomic E-state index is -3.81. The van der Waals surface area contributed by atoms with E-state index in [1.165, 1.54) is 25.0 Å². The van der Waals surface area contributed by atoms with Crippen LogP contribution in [0.5, 0.6) is 0 Å². The van der Waals surface area contributed by atoms with Gasteiger partial charge in [-0.25, -0.2) is 18.1 Å². The number of imidazole rings is 1. The number of nitrogens with two attached hydrogens (primary N) is 1. The number of nitrogen functional groups attached to an aromatic ring is 1. The smallest absolute Gasteiger partial charge is 0.260 e. The number of nitrogens with one attached hydrogen (secondary N) is 2. The normalized spacial score (nSPS) is 12.4. The lowest BCUT2D eigenvalue weighted by atomic mass is 9.93. The van der Waals surface area contributed by atoms with Crippen molar-refractivity contribution in [2.24, 2.45) is 12.5 Å². The summed E-state index contributed by atoms with van der Waals surface area (Å²) in [5.74, 6) is -0.332. The second kappa shape index (κ2) is 5.17. The van der Waals surface area contributed by atoms with Gasteiger partial charge in [-0.2, -0.15) is 0 Å². The Morgan fingerprint density at radius 2 is 2.11 bits per heavy atom. The highest BCUT2D eigenvalue weighted by molar-refractivity contribution is 7.89. The van der Waals surface area contributed by atoms with E-state index in [4.69, 9.17) is 5.73 Å². The number of sulfonamides is 1. The summed E-state index contributed by atoms with van der Waals surface area (Å²) in [7, 11) is -0.780. The molecule has 0 radical (unpaired) electrons. The second-order valence-corrected chi connectivity index (χ2v) is 6.52. The van der Waals surface area contributed by atoms with Crippen molar-refractivity contribution in [2.45, 2.75) is 18.9 Å². The molecule has 19 heavy (non-hydrogen) atoms. The first-order valence-electron chi connectivity index (χ1n) is 5.60. The molecule has 0 aliphatic rings. The topological polar surface area (TPSA) is 119 Å². The molecular formula is C10H19N5O3S. The van der Waals surface area contributed by atoms with Crippen LogP contribution in [0.2, 0.25) is 0 Å². The van der Waals surface area contributed by atoms with E-state index < -0.39 is 15.4 Å². The zero-order valence-electron chi connectivity index (χ0n) is 11.4. The molecule has 0 unspecified atom stereocenters. The molecule has 9 heteroatoms. The number of rotatable bonds is 5. The third-order valence-corrected chi connectivity index (χ3v) is 4.24. The quantitative estimate of drug-likeness (QED) is 0.646. The summed E-state index contributed by atoms with van der Waals surface area (Å²) in [6.45, 7) is 3.24. The molecule has 0 spiro atoms. The lowest BCUT2D eigenvalue weighted by molar-refractivity contribution is -0.128. The third-order valence-electron chi connectivity index (χ3n) is 2.71. The molecule has 4 N–H and O–H groups in total. The molecule has 108 valence electrons. The number of carbonyl (C=O) groups excluding carboxylic acids is 1. The summed E-state index contributed by atoms with van der Waals surface area (Å²) >= 11 is 0. The van der Waals surface area contributed by atoms with Gasteiger partial charge in [0.15, 0.2) is 10.8 Å². The van der Waals surface area contributed by atoms with E-state index >= 15 is 0 Å². The standard InChI is InChI=1S/C10H19N5O3S/c1-10(2,9(16)12-3)5-14-19(17,18)8-7(11)13-6-15(8)4/h6,14H,5,11H2,1-4H3,(H,12,16). The molecule has 0 fully saturated rings. The van der Waals surface area contributed by atoms with Crippen LogP contribution in [-0.2, 0) is 21.9 Å². The minimum Gasteiger partial charge on any atom is -0.381 e. The molecule has 0 saturated heterocycles. The fourth-order valence-corrected chi connectivity index (χ4v) is 2.97. The Morgan fingerprint density at radius 1 is 1.53 bits per heavy atom. The Labute approximate surface area is 112 Å². The number of aryl methyl sites for hydroxylation is 1. The zero-order valence-corrected chi connectivity index (χ0v) is 12.2. The molecule has 0 aromatic carbocycles. The summed E-state index contributed by atoms with van der Waals surface area (Å²) in [5.41, 5.74) is 4.66. The van der Waals surface area contributed by atoms with E-state index in [0.717, 1.165) is 0 Å². The van der Waals surface area contributed by atoms with Crippen LogP contribution in [-0.4, -0.2) is 37.5 Å². The van der Waals surface area contributed by atoms with Gasteiger partial charge in [0.05, 0.1) is 11.7 Å². The molecule has 0 atom stereocenters. The maximum absolute atomic E-state index is 12.1. The number of anilines is 1. The number of hydrogen-bond donors (Lipinski definition) is 3. The van der Waals surface area contributed by atoms with E-state index in [1.54, 1.807) is 13.8 Å². The largest absolute Gasteiger partial charge is 0.381 e. The van der Waals surface area contributed by atoms with Crippen LogP contribution in [0.25, 0.3) is 0 Å². The van der Waals surface area contributed by atoms with E-state index in [0.29, 0.717) is 0 Å². The van der Waals surface area contributed by atoms with Crippen LogP contribution in [0.4, 0.5) is 5.82 Å². The molecule has 0 aliphatic heterocycles. The molecule has 1 aromatic rings. The van der Waals surface area contributed by atoms with E-state index in [9.17, 15) is 13.2 Å². The van der Waals surface area contributed by atoms with Gasteiger partial charge in [0, 0.05) is 20.6 Å². The van der Waals surface area contributed by atoms with Crippen molar-refractivity contribution in [2.75, 3.05) is 19.3 Å². The van der Waals surface area contributed by atoms with E-state index in [2.05, 4.69) is 15.0 Å². The SMILES string of the molecule is CNC(=O)C(C)(C)CNS(=O)(=O)c1c(N)ncn1C. The molecule has 8 nitrogen and oxygen atoms in total. The Bertz CT molecular complexity index is 556. The monoisotopic (exact) mass is 289 g/mol. The summed E-state index contributed by atoms with van der Waals surface area (Å²) in [6, 6.07) is 0. The predicted octanol–water partition coefficient (Wildman–Crippen LogP) is -0.947. The maximum Gasteiger partial charge on any atom is 0.260 e. The first-order chi connectivity index (χ1) is 8.62. The minimum absolute atomic E-state index is 0.0420. The average molecular weight is 289 g/mol. The van der Waals surface area contributed by atoms with Gasteiger partial charge in [-0.05, 0) is 13.8 Å². The second-order valence-electron chi connectivity index (χ2n) is 4.83. The molecular weight excluding hydrogens is 270 g/mol. The highest BCUT2D eigenvalue weighted by Crippen LogP contribution is 2.18. The van der Waals surface area contributed by atoms with Gasteiger partial charge in [-0.15, -0.1) is 0 Å². The Hall–Kier alpha value is -1.61. The van der Waals surface area contributed by atoms with Crippen molar-refractivity contribution in [3.8, 4) is 0 Å². The predicted molar refractivity (Wildman–Crippen MR) is 70.7 cm³/mol. The highest BCUT2D eigenvalue weighted by atomic mass is 32.2. The van der Waals surface area contributed by atoms with Crippen LogP contribution in [0.15, 0.2) is 11.4 Å². The van der Waals surface area contributed by atoms with Crippen molar-refractivity contribution >= 4 is 21.7 Å². The molecule has 0 bridgehead atoms. The molecule has 1 heterocycles. The van der Waals surface area contributed by atoms with E-state index in [1.807, 2.05) is 0 Å². The third kappa shape index (κ3) is 3.24. The van der Waals surface area contributed by atoms with Crippen molar-refractivity contribution < 1.29 is 13.2 Å². The van der Waals surface area contributed by atoms with Gasteiger partial charge < -0.3 is 15.6 Å². The number of carbonyl (C=O) groups is 1. The van der Waals surface area contributed by atoms with Crippen LogP contribution >= 0.6 is 0 Å². The van der Waals surface area contributed by atoms with Gasteiger partial charge in [0.25, 0.3) is 10.0 Å². The number of aromatic nitrogens is 2. The summed E-state index contributed by atoms with van der Waals surface area (Å²) in [4.78, 5) is 15.3. The number of nitrogens with zero attached hydrogens (tertiary/aromatic N) is 2. The summed E-state index contributed by atoms with van der Waals surface area (Å²) in [5, 5.41) is 2.37. The summed E-state index contributed by atoms with van der Waals surface area (Å²) in [6.07, 6.45) is 1.31. The number of amides is 1. The van der Waals surface area contributed by atoms with Gasteiger partial charge in [0.2, 0.25) is 5.91 Å². The Morgan fingerprint density at radius 3 is 2.53 bits per heavy atom. The van der Waals surface area contributed by atoms with Crippen LogP contribution in [0, 0.1) is 5.41 Å². The molecule has 1 aromatic heterocycles. The van der Waals surface area contributed by atoms with Gasteiger partial charge in [-0.3, -0.25) is 4.79 Å². The fraction of sp³-hybridized carbons (Fsp3) is 0.600. The Balaban J connectivity index is 2.92. The van der Waals surface area contributed by atoms with Crippen LogP contribution < -0.4 is 15.8 Å². The van der Waals surface area contributed by atoms with Crippen molar-refractivity contribution in [3.05, 3.63) is 6.33 Å². The first kappa shape index (κ1) is 15.4. The van der Waals surface area contributed by atoms with Gasteiger partial charge in [0.1, 0.15) is 0 Å². The summed E-state index contributed by atoms with van der Waals surface area (Å²) < 4.78 is 27.9. The van der Waals surface area contributed by atoms with Crippen LogP contribution in [0.1, 0.15) is 13.8 Å². The first-order valence-corrected chi connectivity index (χ1v) is 7.09. The molecule has 0 aliphatic carbocycles. The van der Waals surface area contributed by atoms with Gasteiger partial charge >= 0.3 is 0 Å². The average Bonchev–Trinajstić information content (AvgIpc) is 2.66. The fourth-order valence-electron chi connectivity index (χ4n) is 1.53. The van der Waals surface area contributed by atoms with Crippen molar-refractivity contribution in [1.82, 2.24) is 19.6 Å². The highest BCUT2D eigenvalue weighted by Gasteiger charge is 2.30. The zero-order chi connectivity index (χ0) is 14.8. The molecule has 1 amide bonds. The van der Waals surface area contributed by atoms with Crippen LogP contribution in [0.3, 0.4) is 0 Å². The molecule has 1 rings (SSSR count). The lowest BCUT2D eigenvalue weighted by Crippen LogP contribution is -2.44. The van der Waals surface area contributed by atoms with Crippen molar-refractivity contribution in [3.63, 3.8) is 0 Å². The maximum atomic E-state index is 12.1. The number of hydrogen-bond acceptors (Lipinski definition) is 5. The van der Waals surface area contributed by atoms with E-state index in [-0.39, 0.29) is 23.3 Å². The van der Waals surface area contributed by atoms with Gasteiger partial charge in [-0.1, -0.05) is 0 Å². The van der Waals surface area contributed by atoms with Crippen molar-refractivity contribution in [1.29, 1.82) is 0 Å². The Kier molecular flexibility index (Phi) is 4.21. The lowest BCUT2D eigenvalue weighted by Gasteiger charge is -2.22. The molecule has 0 saturated carbocycles.